The molecule has 28 heavy (non-hydrogen) atoms. The van der Waals surface area contributed by atoms with E-state index in [1.807, 2.05) is 31.3 Å². The molecule has 1 aliphatic rings. The van der Waals surface area contributed by atoms with Crippen LogP contribution in [-0.4, -0.2) is 32.2 Å². The highest BCUT2D eigenvalue weighted by Crippen LogP contribution is 2.27. The molecule has 2 heterocycles. The molecular formula is C20H23ClN3O4+. The molecule has 8 heteroatoms. The summed E-state index contributed by atoms with van der Waals surface area (Å²) in [6, 6.07) is 9.93. The Morgan fingerprint density at radius 2 is 2.04 bits per heavy atom. The fourth-order valence-electron chi connectivity index (χ4n) is 3.21. The number of quaternary nitrogens is 1. The van der Waals surface area contributed by atoms with Crippen LogP contribution in [0, 0.1) is 0 Å². The van der Waals surface area contributed by atoms with E-state index in [0.717, 1.165) is 10.5 Å². The number of esters is 1. The highest BCUT2D eigenvalue weighted by atomic mass is 35.5. The van der Waals surface area contributed by atoms with Gasteiger partial charge in [-0.3, -0.25) is 0 Å². The summed E-state index contributed by atoms with van der Waals surface area (Å²) in [5, 5.41) is 6.18. The standard InChI is InChI=1S/C20H22ClN3O4/c1-3-27-19(25)17-15(12-24(2)11-13-7-4-5-8-14(13)21)22-20(26)23-18(17)16-9-6-10-28-16/h4-10,18H,3,11-12H2,1-2H3,(H2,22,23,26)/p+1/t18-/m0/s1. The first kappa shape index (κ1) is 20.0. The van der Waals surface area contributed by atoms with Gasteiger partial charge in [0.05, 0.1) is 31.2 Å². The first-order valence-electron chi connectivity index (χ1n) is 9.05. The number of carbonyl (C=O) groups is 2. The zero-order chi connectivity index (χ0) is 20.1. The highest BCUT2D eigenvalue weighted by molar-refractivity contribution is 6.31. The Hall–Kier alpha value is -2.77. The SMILES string of the molecule is CCOC(=O)C1=C(C[NH+](C)Cc2ccccc2Cl)NC(=O)N[C@H]1c1ccco1. The lowest BCUT2D eigenvalue weighted by atomic mass is 10.00. The topological polar surface area (TPSA) is 85.0 Å². The van der Waals surface area contributed by atoms with Crippen LogP contribution in [0.5, 0.6) is 0 Å². The molecule has 0 fully saturated rings. The van der Waals surface area contributed by atoms with Crippen LogP contribution in [0.4, 0.5) is 4.79 Å². The number of amides is 2. The number of hydrogen-bond acceptors (Lipinski definition) is 4. The molecule has 1 unspecified atom stereocenters. The van der Waals surface area contributed by atoms with Crippen LogP contribution in [0.1, 0.15) is 24.3 Å². The first-order chi connectivity index (χ1) is 13.5. The van der Waals surface area contributed by atoms with Crippen molar-refractivity contribution in [1.82, 2.24) is 10.6 Å². The predicted molar refractivity (Wildman–Crippen MR) is 104 cm³/mol. The van der Waals surface area contributed by atoms with Crippen molar-refractivity contribution in [1.29, 1.82) is 0 Å². The van der Waals surface area contributed by atoms with Gasteiger partial charge in [-0.25, -0.2) is 9.59 Å². The summed E-state index contributed by atoms with van der Waals surface area (Å²) < 4.78 is 10.7. The van der Waals surface area contributed by atoms with Crippen LogP contribution < -0.4 is 15.5 Å². The van der Waals surface area contributed by atoms with Gasteiger partial charge in [0.1, 0.15) is 24.9 Å². The number of carbonyl (C=O) groups excluding carboxylic acids is 2. The van der Waals surface area contributed by atoms with Gasteiger partial charge in [-0.1, -0.05) is 29.8 Å². The number of benzene rings is 1. The summed E-state index contributed by atoms with van der Waals surface area (Å²) in [6.07, 6.45) is 1.50. The lowest BCUT2D eigenvalue weighted by Crippen LogP contribution is -3.08. The molecule has 0 spiro atoms. The minimum Gasteiger partial charge on any atom is -0.467 e. The van der Waals surface area contributed by atoms with E-state index in [2.05, 4.69) is 10.6 Å². The average molecular weight is 405 g/mol. The van der Waals surface area contributed by atoms with Gasteiger partial charge in [-0.15, -0.1) is 0 Å². The zero-order valence-electron chi connectivity index (χ0n) is 15.8. The minimum absolute atomic E-state index is 0.233. The largest absolute Gasteiger partial charge is 0.467 e. The van der Waals surface area contributed by atoms with Crippen molar-refractivity contribution in [2.75, 3.05) is 20.2 Å². The molecule has 1 aromatic carbocycles. The van der Waals surface area contributed by atoms with Crippen molar-refractivity contribution in [3.63, 3.8) is 0 Å². The molecule has 2 amide bonds. The molecule has 0 aliphatic carbocycles. The maximum absolute atomic E-state index is 12.7. The van der Waals surface area contributed by atoms with Crippen molar-refractivity contribution >= 4 is 23.6 Å². The molecule has 2 atom stereocenters. The first-order valence-corrected chi connectivity index (χ1v) is 9.43. The van der Waals surface area contributed by atoms with Crippen molar-refractivity contribution in [2.45, 2.75) is 19.5 Å². The molecule has 1 aliphatic heterocycles. The van der Waals surface area contributed by atoms with E-state index in [4.69, 9.17) is 20.8 Å². The Kier molecular flexibility index (Phi) is 6.38. The lowest BCUT2D eigenvalue weighted by Gasteiger charge is -2.28. The molecule has 7 nitrogen and oxygen atoms in total. The number of nitrogens with one attached hydrogen (secondary N) is 3. The Morgan fingerprint density at radius 1 is 1.25 bits per heavy atom. The summed E-state index contributed by atoms with van der Waals surface area (Å²) in [5.74, 6) is -0.0175. The Bertz CT molecular complexity index is 879. The molecule has 0 bridgehead atoms. The molecule has 0 saturated heterocycles. The number of hydrogen-bond donors (Lipinski definition) is 3. The summed E-state index contributed by atoms with van der Waals surface area (Å²) in [5.41, 5.74) is 1.84. The summed E-state index contributed by atoms with van der Waals surface area (Å²) in [4.78, 5) is 25.9. The zero-order valence-corrected chi connectivity index (χ0v) is 16.5. The van der Waals surface area contributed by atoms with Crippen LogP contribution in [0.2, 0.25) is 5.02 Å². The van der Waals surface area contributed by atoms with Crippen molar-refractivity contribution < 1.29 is 23.6 Å². The van der Waals surface area contributed by atoms with E-state index in [1.54, 1.807) is 19.1 Å². The second kappa shape index (κ2) is 8.95. The molecule has 1 aromatic heterocycles. The number of halogens is 1. The van der Waals surface area contributed by atoms with Crippen LogP contribution in [0.25, 0.3) is 0 Å². The smallest absolute Gasteiger partial charge is 0.338 e. The van der Waals surface area contributed by atoms with Gasteiger partial charge in [0, 0.05) is 10.6 Å². The van der Waals surface area contributed by atoms with Crippen molar-refractivity contribution in [3.05, 3.63) is 70.3 Å². The van der Waals surface area contributed by atoms with E-state index in [0.29, 0.717) is 35.1 Å². The third-order valence-corrected chi connectivity index (χ3v) is 4.77. The number of rotatable bonds is 7. The number of furan rings is 1. The van der Waals surface area contributed by atoms with Gasteiger partial charge in [-0.05, 0) is 25.1 Å². The Balaban J connectivity index is 1.90. The van der Waals surface area contributed by atoms with Crippen LogP contribution in [-0.2, 0) is 16.1 Å². The Morgan fingerprint density at radius 3 is 2.71 bits per heavy atom. The monoisotopic (exact) mass is 404 g/mol. The maximum Gasteiger partial charge on any atom is 0.338 e. The minimum atomic E-state index is -0.703. The quantitative estimate of drug-likeness (QED) is 0.614. The molecular weight excluding hydrogens is 382 g/mol. The molecule has 148 valence electrons. The van der Waals surface area contributed by atoms with Gasteiger partial charge in [0.2, 0.25) is 0 Å². The number of ether oxygens (including phenoxy) is 1. The van der Waals surface area contributed by atoms with E-state index in [9.17, 15) is 9.59 Å². The molecule has 0 saturated carbocycles. The molecule has 2 aromatic rings. The number of likely N-dealkylation sites (N-methyl/N-ethyl adjacent to an activating group) is 1. The van der Waals surface area contributed by atoms with E-state index >= 15 is 0 Å². The highest BCUT2D eigenvalue weighted by Gasteiger charge is 2.36. The fourth-order valence-corrected chi connectivity index (χ4v) is 3.41. The summed E-state index contributed by atoms with van der Waals surface area (Å²) >= 11 is 6.25. The average Bonchev–Trinajstić information content (AvgIpc) is 3.18. The van der Waals surface area contributed by atoms with Crippen LogP contribution >= 0.6 is 11.6 Å². The Labute approximate surface area is 168 Å². The van der Waals surface area contributed by atoms with Gasteiger partial charge >= 0.3 is 12.0 Å². The van der Waals surface area contributed by atoms with E-state index < -0.39 is 18.0 Å². The van der Waals surface area contributed by atoms with Crippen LogP contribution in [0.15, 0.2) is 58.3 Å². The fraction of sp³-hybridized carbons (Fsp3) is 0.300. The number of urea groups is 1. The predicted octanol–water partition coefficient (Wildman–Crippen LogP) is 1.82. The molecule has 3 N–H and O–H groups in total. The summed E-state index contributed by atoms with van der Waals surface area (Å²) in [7, 11) is 1.97. The normalized spacial score (nSPS) is 17.7. The van der Waals surface area contributed by atoms with Gasteiger partial charge < -0.3 is 24.7 Å². The second-order valence-corrected chi connectivity index (χ2v) is 6.97. The molecule has 3 rings (SSSR count). The van der Waals surface area contributed by atoms with Gasteiger partial charge in [0.25, 0.3) is 0 Å². The van der Waals surface area contributed by atoms with E-state index in [1.165, 1.54) is 6.26 Å². The molecule has 0 radical (unpaired) electrons. The van der Waals surface area contributed by atoms with Crippen molar-refractivity contribution in [2.24, 2.45) is 0 Å². The van der Waals surface area contributed by atoms with Gasteiger partial charge in [0.15, 0.2) is 0 Å². The summed E-state index contributed by atoms with van der Waals surface area (Å²) in [6.45, 7) is 3.01. The maximum atomic E-state index is 12.7. The lowest BCUT2D eigenvalue weighted by molar-refractivity contribution is -0.889. The van der Waals surface area contributed by atoms with Crippen LogP contribution in [0.3, 0.4) is 0 Å². The third kappa shape index (κ3) is 4.55. The van der Waals surface area contributed by atoms with Crippen molar-refractivity contribution in [3.8, 4) is 0 Å². The third-order valence-electron chi connectivity index (χ3n) is 4.41. The van der Waals surface area contributed by atoms with E-state index in [-0.39, 0.29) is 6.61 Å². The van der Waals surface area contributed by atoms with Gasteiger partial charge in [-0.2, -0.15) is 0 Å². The second-order valence-electron chi connectivity index (χ2n) is 6.56.